The molecule has 0 aliphatic heterocycles. The van der Waals surface area contributed by atoms with Crippen molar-refractivity contribution in [3.05, 3.63) is 33.8 Å². The van der Waals surface area contributed by atoms with Crippen molar-refractivity contribution < 1.29 is 8.78 Å². The van der Waals surface area contributed by atoms with E-state index in [4.69, 9.17) is 0 Å². The Bertz CT molecular complexity index is 470. The lowest BCUT2D eigenvalue weighted by molar-refractivity contribution is 0.140. The van der Waals surface area contributed by atoms with Crippen molar-refractivity contribution in [3.8, 4) is 0 Å². The minimum absolute atomic E-state index is 0.0866. The summed E-state index contributed by atoms with van der Waals surface area (Å²) in [5, 5.41) is 3.32. The highest BCUT2D eigenvalue weighted by Gasteiger charge is 2.39. The van der Waals surface area contributed by atoms with Crippen molar-refractivity contribution in [2.45, 2.75) is 52.0 Å². The van der Waals surface area contributed by atoms with Crippen molar-refractivity contribution in [2.24, 2.45) is 5.41 Å². The van der Waals surface area contributed by atoms with E-state index < -0.39 is 11.6 Å². The van der Waals surface area contributed by atoms with Gasteiger partial charge in [-0.25, -0.2) is 8.78 Å². The Labute approximate surface area is 128 Å². The van der Waals surface area contributed by atoms with Gasteiger partial charge < -0.3 is 5.32 Å². The fourth-order valence-electron chi connectivity index (χ4n) is 3.36. The summed E-state index contributed by atoms with van der Waals surface area (Å²) in [6.45, 7) is 4.83. The van der Waals surface area contributed by atoms with E-state index in [1.165, 1.54) is 18.6 Å². The quantitative estimate of drug-likeness (QED) is 0.725. The molecule has 1 aliphatic rings. The van der Waals surface area contributed by atoms with Crippen molar-refractivity contribution in [2.75, 3.05) is 6.54 Å². The number of halogens is 3. The maximum Gasteiger partial charge on any atom is 0.145 e. The first kappa shape index (κ1) is 15.9. The molecule has 1 atom stereocenters. The second kappa shape index (κ2) is 6.52. The standard InChI is InChI=1S/C16H22BrF2N/c1-3-20-15(16(2)9-5-4-6-10-16)13-12(18)8-7-11(17)14(13)19/h7-8,15,20H,3-6,9-10H2,1-2H3. The summed E-state index contributed by atoms with van der Waals surface area (Å²) in [7, 11) is 0. The van der Waals surface area contributed by atoms with Crippen LogP contribution in [0.2, 0.25) is 0 Å². The van der Waals surface area contributed by atoms with Crippen LogP contribution in [0.1, 0.15) is 57.6 Å². The van der Waals surface area contributed by atoms with Crippen LogP contribution in [0.15, 0.2) is 16.6 Å². The Balaban J connectivity index is 2.45. The smallest absolute Gasteiger partial charge is 0.145 e. The zero-order valence-corrected chi connectivity index (χ0v) is 13.7. The number of hydrogen-bond acceptors (Lipinski definition) is 1. The first-order valence-corrected chi connectivity index (χ1v) is 8.15. The van der Waals surface area contributed by atoms with Gasteiger partial charge in [-0.15, -0.1) is 0 Å². The summed E-state index contributed by atoms with van der Waals surface area (Å²) in [5.74, 6) is -0.925. The van der Waals surface area contributed by atoms with Crippen LogP contribution in [-0.2, 0) is 0 Å². The lowest BCUT2D eigenvalue weighted by Crippen LogP contribution is -2.39. The Kier molecular flexibility index (Phi) is 5.19. The van der Waals surface area contributed by atoms with Crippen molar-refractivity contribution >= 4 is 15.9 Å². The van der Waals surface area contributed by atoms with E-state index in [-0.39, 0.29) is 17.0 Å². The fraction of sp³-hybridized carbons (Fsp3) is 0.625. The molecule has 112 valence electrons. The highest BCUT2D eigenvalue weighted by molar-refractivity contribution is 9.10. The van der Waals surface area contributed by atoms with E-state index in [0.29, 0.717) is 11.0 Å². The fourth-order valence-corrected chi connectivity index (χ4v) is 3.70. The molecule has 1 aromatic carbocycles. The van der Waals surface area contributed by atoms with Crippen LogP contribution in [0.5, 0.6) is 0 Å². The van der Waals surface area contributed by atoms with Gasteiger partial charge in [-0.1, -0.05) is 33.1 Å². The minimum atomic E-state index is -0.470. The van der Waals surface area contributed by atoms with Crippen LogP contribution in [0, 0.1) is 17.0 Å². The molecule has 1 aromatic rings. The number of hydrogen-bond donors (Lipinski definition) is 1. The molecule has 0 radical (unpaired) electrons. The maximum absolute atomic E-state index is 14.4. The monoisotopic (exact) mass is 345 g/mol. The lowest BCUT2D eigenvalue weighted by Gasteiger charge is -2.41. The number of rotatable bonds is 4. The molecular formula is C16H22BrF2N. The zero-order chi connectivity index (χ0) is 14.8. The van der Waals surface area contributed by atoms with E-state index in [2.05, 4.69) is 28.2 Å². The van der Waals surface area contributed by atoms with Gasteiger partial charge in [0.1, 0.15) is 11.6 Å². The van der Waals surface area contributed by atoms with Gasteiger partial charge in [0.2, 0.25) is 0 Å². The number of nitrogens with one attached hydrogen (secondary N) is 1. The van der Waals surface area contributed by atoms with Gasteiger partial charge in [-0.2, -0.15) is 0 Å². The van der Waals surface area contributed by atoms with Crippen LogP contribution in [0.4, 0.5) is 8.78 Å². The van der Waals surface area contributed by atoms with Crippen LogP contribution < -0.4 is 5.32 Å². The normalized spacial score (nSPS) is 19.9. The summed E-state index contributed by atoms with van der Waals surface area (Å²) in [5.41, 5.74) is 0.0992. The molecule has 4 heteroatoms. The second-order valence-electron chi connectivity index (χ2n) is 5.96. The average Bonchev–Trinajstić information content (AvgIpc) is 2.43. The Morgan fingerprint density at radius 3 is 2.50 bits per heavy atom. The molecule has 0 aromatic heterocycles. The third-order valence-electron chi connectivity index (χ3n) is 4.47. The zero-order valence-electron chi connectivity index (χ0n) is 12.1. The van der Waals surface area contributed by atoms with E-state index in [9.17, 15) is 8.78 Å². The molecule has 20 heavy (non-hydrogen) atoms. The van der Waals surface area contributed by atoms with Crippen molar-refractivity contribution in [3.63, 3.8) is 0 Å². The average molecular weight is 346 g/mol. The SMILES string of the molecule is CCNC(c1c(F)ccc(Br)c1F)C1(C)CCCCC1. The highest BCUT2D eigenvalue weighted by Crippen LogP contribution is 2.47. The van der Waals surface area contributed by atoms with Crippen LogP contribution in [0.3, 0.4) is 0 Å². The molecule has 0 bridgehead atoms. The molecule has 0 spiro atoms. The Morgan fingerprint density at radius 2 is 1.90 bits per heavy atom. The van der Waals surface area contributed by atoms with E-state index in [1.54, 1.807) is 0 Å². The van der Waals surface area contributed by atoms with Gasteiger partial charge >= 0.3 is 0 Å². The molecule has 0 heterocycles. The maximum atomic E-state index is 14.4. The summed E-state index contributed by atoms with van der Waals surface area (Å²) >= 11 is 3.17. The van der Waals surface area contributed by atoms with Gasteiger partial charge in [0.05, 0.1) is 4.47 Å². The Morgan fingerprint density at radius 1 is 1.25 bits per heavy atom. The Hall–Kier alpha value is -0.480. The van der Waals surface area contributed by atoms with Gasteiger partial charge in [0, 0.05) is 11.6 Å². The molecule has 1 N–H and O–H groups in total. The topological polar surface area (TPSA) is 12.0 Å². The lowest BCUT2D eigenvalue weighted by atomic mass is 9.68. The van der Waals surface area contributed by atoms with E-state index >= 15 is 0 Å². The third kappa shape index (κ3) is 3.06. The first-order valence-electron chi connectivity index (χ1n) is 7.36. The first-order chi connectivity index (χ1) is 9.49. The van der Waals surface area contributed by atoms with Gasteiger partial charge in [-0.05, 0) is 52.9 Å². The summed E-state index contributed by atoms with van der Waals surface area (Å²) in [6.07, 6.45) is 5.51. The summed E-state index contributed by atoms with van der Waals surface area (Å²) in [6, 6.07) is 2.50. The highest BCUT2D eigenvalue weighted by atomic mass is 79.9. The molecule has 1 unspecified atom stereocenters. The molecule has 1 aliphatic carbocycles. The third-order valence-corrected chi connectivity index (χ3v) is 5.08. The van der Waals surface area contributed by atoms with Crippen LogP contribution >= 0.6 is 15.9 Å². The molecule has 1 fully saturated rings. The van der Waals surface area contributed by atoms with E-state index in [1.807, 2.05) is 6.92 Å². The predicted octanol–water partition coefficient (Wildman–Crippen LogP) is 5.35. The molecule has 0 amide bonds. The van der Waals surface area contributed by atoms with Gasteiger partial charge in [0.25, 0.3) is 0 Å². The molecule has 1 nitrogen and oxygen atoms in total. The summed E-state index contributed by atoms with van der Waals surface area (Å²) < 4.78 is 29.0. The molecular weight excluding hydrogens is 324 g/mol. The van der Waals surface area contributed by atoms with Crippen LogP contribution in [0.25, 0.3) is 0 Å². The largest absolute Gasteiger partial charge is 0.310 e. The minimum Gasteiger partial charge on any atom is -0.310 e. The van der Waals surface area contributed by atoms with Crippen LogP contribution in [-0.4, -0.2) is 6.54 Å². The predicted molar refractivity (Wildman–Crippen MR) is 81.7 cm³/mol. The van der Waals surface area contributed by atoms with Crippen molar-refractivity contribution in [1.29, 1.82) is 0 Å². The van der Waals surface area contributed by atoms with Gasteiger partial charge in [-0.3, -0.25) is 0 Å². The summed E-state index contributed by atoms with van der Waals surface area (Å²) in [4.78, 5) is 0. The second-order valence-corrected chi connectivity index (χ2v) is 6.82. The number of benzene rings is 1. The van der Waals surface area contributed by atoms with Crippen molar-refractivity contribution in [1.82, 2.24) is 5.32 Å². The van der Waals surface area contributed by atoms with Gasteiger partial charge in [0.15, 0.2) is 0 Å². The molecule has 1 saturated carbocycles. The molecule has 2 rings (SSSR count). The van der Waals surface area contributed by atoms with E-state index in [0.717, 1.165) is 25.7 Å². The molecule has 0 saturated heterocycles.